The molecule has 2 nitrogen and oxygen atoms in total. The van der Waals surface area contributed by atoms with Crippen molar-refractivity contribution in [2.45, 2.75) is 6.54 Å². The molecule has 0 bridgehead atoms. The zero-order chi connectivity index (χ0) is 13.2. The monoisotopic (exact) mass is 268 g/mol. The lowest BCUT2D eigenvalue weighted by atomic mass is 9.96. The molecule has 3 heteroatoms. The quantitative estimate of drug-likeness (QED) is 0.763. The second kappa shape index (κ2) is 5.00. The molecule has 2 N–H and O–H groups in total. The summed E-state index contributed by atoms with van der Waals surface area (Å²) in [6, 6.07) is 16.0. The second-order valence-corrected chi connectivity index (χ2v) is 4.82. The number of halogens is 1. The lowest BCUT2D eigenvalue weighted by molar-refractivity contribution is 1.07. The topological polar surface area (TPSA) is 38.9 Å². The van der Waals surface area contributed by atoms with Crippen molar-refractivity contribution in [3.8, 4) is 11.1 Å². The van der Waals surface area contributed by atoms with E-state index in [2.05, 4.69) is 17.1 Å². The Morgan fingerprint density at radius 3 is 2.74 bits per heavy atom. The Hall–Kier alpha value is -1.90. The van der Waals surface area contributed by atoms with Crippen molar-refractivity contribution in [1.82, 2.24) is 4.98 Å². The minimum atomic E-state index is 0.465. The van der Waals surface area contributed by atoms with Crippen molar-refractivity contribution >= 4 is 22.5 Å². The van der Waals surface area contributed by atoms with Gasteiger partial charge in [0, 0.05) is 23.2 Å². The molecule has 0 atom stereocenters. The maximum Gasteiger partial charge on any atom is 0.0708 e. The summed E-state index contributed by atoms with van der Waals surface area (Å²) in [6.45, 7) is 0.465. The zero-order valence-electron chi connectivity index (χ0n) is 10.3. The summed E-state index contributed by atoms with van der Waals surface area (Å²) in [5.41, 5.74) is 10.1. The number of aromatic nitrogens is 1. The van der Waals surface area contributed by atoms with E-state index in [4.69, 9.17) is 17.3 Å². The van der Waals surface area contributed by atoms with Crippen LogP contribution in [0.5, 0.6) is 0 Å². The Morgan fingerprint density at radius 1 is 1.00 bits per heavy atom. The molecule has 0 aliphatic carbocycles. The minimum absolute atomic E-state index is 0.465. The van der Waals surface area contributed by atoms with Crippen molar-refractivity contribution in [3.63, 3.8) is 0 Å². The number of hydrogen-bond donors (Lipinski definition) is 1. The maximum atomic E-state index is 6.03. The van der Waals surface area contributed by atoms with Gasteiger partial charge in [-0.25, -0.2) is 0 Å². The van der Waals surface area contributed by atoms with Crippen molar-refractivity contribution < 1.29 is 0 Å². The lowest BCUT2D eigenvalue weighted by Gasteiger charge is -2.11. The third-order valence-corrected chi connectivity index (χ3v) is 3.46. The molecule has 19 heavy (non-hydrogen) atoms. The van der Waals surface area contributed by atoms with E-state index in [-0.39, 0.29) is 0 Å². The van der Waals surface area contributed by atoms with Gasteiger partial charge in [0.2, 0.25) is 0 Å². The molecule has 0 saturated heterocycles. The fourth-order valence-electron chi connectivity index (χ4n) is 2.33. The molecule has 1 aromatic heterocycles. The second-order valence-electron chi connectivity index (χ2n) is 4.38. The Bertz CT molecular complexity index is 732. The summed E-state index contributed by atoms with van der Waals surface area (Å²) in [6.07, 6.45) is 1.80. The van der Waals surface area contributed by atoms with E-state index in [1.165, 1.54) is 0 Å². The van der Waals surface area contributed by atoms with Gasteiger partial charge in [-0.05, 0) is 41.0 Å². The van der Waals surface area contributed by atoms with Crippen LogP contribution in [0.3, 0.4) is 0 Å². The fraction of sp³-hybridized carbons (Fsp3) is 0.0625. The molecule has 94 valence electrons. The Balaban J connectivity index is 2.30. The maximum absolute atomic E-state index is 6.03. The first-order chi connectivity index (χ1) is 9.29. The first-order valence-electron chi connectivity index (χ1n) is 6.12. The number of fused-ring (bicyclic) bond motifs is 1. The molecule has 3 rings (SSSR count). The van der Waals surface area contributed by atoms with Gasteiger partial charge in [0.1, 0.15) is 0 Å². The highest BCUT2D eigenvalue weighted by Crippen LogP contribution is 2.31. The molecule has 3 aromatic rings. The number of rotatable bonds is 2. The third-order valence-electron chi connectivity index (χ3n) is 3.22. The molecule has 0 spiro atoms. The molecule has 2 aromatic carbocycles. The van der Waals surface area contributed by atoms with E-state index in [9.17, 15) is 0 Å². The molecule has 0 aliphatic heterocycles. The lowest BCUT2D eigenvalue weighted by Crippen LogP contribution is -1.99. The van der Waals surface area contributed by atoms with Gasteiger partial charge < -0.3 is 5.73 Å². The highest BCUT2D eigenvalue weighted by molar-refractivity contribution is 6.30. The number of nitrogens with two attached hydrogens (primary N) is 1. The minimum Gasteiger partial charge on any atom is -0.326 e. The van der Waals surface area contributed by atoms with Crippen LogP contribution < -0.4 is 5.73 Å². The largest absolute Gasteiger partial charge is 0.326 e. The summed E-state index contributed by atoms with van der Waals surface area (Å²) < 4.78 is 0. The smallest absolute Gasteiger partial charge is 0.0708 e. The van der Waals surface area contributed by atoms with Crippen LogP contribution in [0.25, 0.3) is 22.0 Å². The van der Waals surface area contributed by atoms with Crippen LogP contribution in [0, 0.1) is 0 Å². The van der Waals surface area contributed by atoms with Crippen LogP contribution in [0.4, 0.5) is 0 Å². The molecular formula is C16H13ClN2. The fourth-order valence-corrected chi connectivity index (χ4v) is 2.53. The Morgan fingerprint density at radius 2 is 1.89 bits per heavy atom. The summed E-state index contributed by atoms with van der Waals surface area (Å²) in [5, 5.41) is 1.84. The van der Waals surface area contributed by atoms with Crippen LogP contribution in [0.15, 0.2) is 54.7 Å². The number of benzene rings is 2. The van der Waals surface area contributed by atoms with Gasteiger partial charge in [0.15, 0.2) is 0 Å². The van der Waals surface area contributed by atoms with Crippen LogP contribution in [-0.2, 0) is 6.54 Å². The van der Waals surface area contributed by atoms with E-state index in [0.717, 1.165) is 27.6 Å². The molecule has 0 fully saturated rings. The van der Waals surface area contributed by atoms with Gasteiger partial charge in [-0.3, -0.25) is 4.98 Å². The number of nitrogens with zero attached hydrogens (tertiary/aromatic N) is 1. The van der Waals surface area contributed by atoms with Crippen LogP contribution in [0.1, 0.15) is 5.56 Å². The summed E-state index contributed by atoms with van der Waals surface area (Å²) in [5.74, 6) is 0. The zero-order valence-corrected chi connectivity index (χ0v) is 11.1. The molecule has 0 radical (unpaired) electrons. The van der Waals surface area contributed by atoms with Crippen molar-refractivity contribution in [2.75, 3.05) is 0 Å². The van der Waals surface area contributed by atoms with E-state index < -0.39 is 0 Å². The normalized spacial score (nSPS) is 10.8. The molecule has 0 aliphatic rings. The number of pyridine rings is 1. The predicted octanol–water partition coefficient (Wildman–Crippen LogP) is 4.01. The molecule has 0 unspecified atom stereocenters. The molecule has 0 amide bonds. The first-order valence-corrected chi connectivity index (χ1v) is 6.50. The average molecular weight is 269 g/mol. The standard InChI is InChI=1S/C16H13ClN2/c17-12-6-7-13(11(9-12)10-18)14-3-1-5-16-15(14)4-2-8-19-16/h1-9H,10,18H2. The molecular weight excluding hydrogens is 256 g/mol. The van der Waals surface area contributed by atoms with Gasteiger partial charge >= 0.3 is 0 Å². The van der Waals surface area contributed by atoms with Crippen molar-refractivity contribution in [1.29, 1.82) is 0 Å². The van der Waals surface area contributed by atoms with E-state index in [1.807, 2.05) is 36.4 Å². The highest BCUT2D eigenvalue weighted by atomic mass is 35.5. The third kappa shape index (κ3) is 2.21. The molecule has 0 saturated carbocycles. The summed E-state index contributed by atoms with van der Waals surface area (Å²) in [4.78, 5) is 4.38. The van der Waals surface area contributed by atoms with Gasteiger partial charge in [0.05, 0.1) is 5.52 Å². The van der Waals surface area contributed by atoms with E-state index in [0.29, 0.717) is 11.6 Å². The predicted molar refractivity (Wildman–Crippen MR) is 80.1 cm³/mol. The summed E-state index contributed by atoms with van der Waals surface area (Å²) >= 11 is 6.03. The van der Waals surface area contributed by atoms with E-state index >= 15 is 0 Å². The number of hydrogen-bond acceptors (Lipinski definition) is 2. The van der Waals surface area contributed by atoms with Gasteiger partial charge in [0.25, 0.3) is 0 Å². The van der Waals surface area contributed by atoms with E-state index in [1.54, 1.807) is 6.20 Å². The van der Waals surface area contributed by atoms with Gasteiger partial charge in [-0.15, -0.1) is 0 Å². The highest BCUT2D eigenvalue weighted by Gasteiger charge is 2.08. The van der Waals surface area contributed by atoms with Crippen LogP contribution in [0.2, 0.25) is 5.02 Å². The van der Waals surface area contributed by atoms with Gasteiger partial charge in [-0.2, -0.15) is 0 Å². The Kier molecular flexibility index (Phi) is 3.20. The Labute approximate surface area is 116 Å². The van der Waals surface area contributed by atoms with Crippen molar-refractivity contribution in [3.05, 3.63) is 65.3 Å². The summed E-state index contributed by atoms with van der Waals surface area (Å²) in [7, 11) is 0. The first kappa shape index (κ1) is 12.2. The van der Waals surface area contributed by atoms with Crippen LogP contribution >= 0.6 is 11.6 Å². The molecule has 1 heterocycles. The van der Waals surface area contributed by atoms with Crippen LogP contribution in [-0.4, -0.2) is 4.98 Å². The SMILES string of the molecule is NCc1cc(Cl)ccc1-c1cccc2ncccc12. The van der Waals surface area contributed by atoms with Gasteiger partial charge in [-0.1, -0.05) is 35.9 Å². The average Bonchev–Trinajstić information content (AvgIpc) is 2.46. The van der Waals surface area contributed by atoms with Crippen molar-refractivity contribution in [2.24, 2.45) is 5.73 Å².